The molecule has 5 N–H and O–H groups in total. The molecule has 1 aromatic carbocycles. The quantitative estimate of drug-likeness (QED) is 0.467. The minimum atomic E-state index is -3.77. The van der Waals surface area contributed by atoms with Crippen LogP contribution in [0.1, 0.15) is 23.3 Å². The van der Waals surface area contributed by atoms with E-state index in [1.54, 1.807) is 24.3 Å². The van der Waals surface area contributed by atoms with Crippen molar-refractivity contribution in [3.05, 3.63) is 40.3 Å². The second-order valence-electron chi connectivity index (χ2n) is 6.11. The molecule has 144 valence electrons. The topological polar surface area (TPSA) is 167 Å². The van der Waals surface area contributed by atoms with E-state index in [1.807, 2.05) is 0 Å². The number of aromatic amines is 1. The molecule has 0 atom stereocenters. The summed E-state index contributed by atoms with van der Waals surface area (Å²) in [6, 6.07) is 6.47. The van der Waals surface area contributed by atoms with Crippen LogP contribution in [0.25, 0.3) is 10.8 Å². The summed E-state index contributed by atoms with van der Waals surface area (Å²) in [5.41, 5.74) is 4.13. The van der Waals surface area contributed by atoms with Crippen molar-refractivity contribution in [1.29, 1.82) is 0 Å². The van der Waals surface area contributed by atoms with E-state index in [1.165, 1.54) is 0 Å². The third kappa shape index (κ3) is 4.13. The number of rotatable bonds is 3. The first-order chi connectivity index (χ1) is 12.8. The summed E-state index contributed by atoms with van der Waals surface area (Å²) in [6.07, 6.45) is 0.579. The standard InChI is InChI=1S/C15H18N6O5S/c16-27(25,26)21-7-5-9(6-8-21)13(22)18-20-15(24)12-10-3-1-2-4-11(10)14(23)19-17-12/h1-4,9H,5-8H2,(H,18,22)(H,19,23)(H,20,24)(H2,16,25,26). The molecular weight excluding hydrogens is 376 g/mol. The molecule has 12 heteroatoms. The predicted octanol–water partition coefficient (Wildman–Crippen LogP) is -1.40. The number of fused-ring (bicyclic) bond motifs is 1. The zero-order valence-corrected chi connectivity index (χ0v) is 15.0. The molecule has 1 aromatic heterocycles. The molecule has 0 spiro atoms. The van der Waals surface area contributed by atoms with Crippen LogP contribution in [0.3, 0.4) is 0 Å². The highest BCUT2D eigenvalue weighted by molar-refractivity contribution is 7.86. The Balaban J connectivity index is 1.63. The Morgan fingerprint density at radius 3 is 2.41 bits per heavy atom. The van der Waals surface area contributed by atoms with Crippen molar-refractivity contribution in [3.8, 4) is 0 Å². The highest BCUT2D eigenvalue weighted by Gasteiger charge is 2.29. The first-order valence-electron chi connectivity index (χ1n) is 8.13. The molecule has 1 aliphatic rings. The number of piperidine rings is 1. The average molecular weight is 394 g/mol. The first-order valence-corrected chi connectivity index (χ1v) is 9.63. The third-order valence-electron chi connectivity index (χ3n) is 4.39. The van der Waals surface area contributed by atoms with Crippen LogP contribution >= 0.6 is 0 Å². The molecule has 1 aliphatic heterocycles. The molecule has 11 nitrogen and oxygen atoms in total. The number of carbonyl (C=O) groups is 2. The Kier molecular flexibility index (Phi) is 5.21. The normalized spacial score (nSPS) is 16.2. The monoisotopic (exact) mass is 394 g/mol. The molecule has 0 bridgehead atoms. The van der Waals surface area contributed by atoms with Gasteiger partial charge in [0.1, 0.15) is 0 Å². The van der Waals surface area contributed by atoms with Gasteiger partial charge in [0.2, 0.25) is 5.91 Å². The van der Waals surface area contributed by atoms with Gasteiger partial charge < -0.3 is 0 Å². The number of aromatic nitrogens is 2. The first kappa shape index (κ1) is 18.9. The Bertz CT molecular complexity index is 1040. The maximum atomic E-state index is 12.3. The molecule has 1 fully saturated rings. The van der Waals surface area contributed by atoms with E-state index in [4.69, 9.17) is 5.14 Å². The number of nitrogens with two attached hydrogens (primary N) is 1. The summed E-state index contributed by atoms with van der Waals surface area (Å²) in [4.78, 5) is 36.3. The van der Waals surface area contributed by atoms with E-state index in [0.29, 0.717) is 10.8 Å². The predicted molar refractivity (Wildman–Crippen MR) is 95.4 cm³/mol. The van der Waals surface area contributed by atoms with Gasteiger partial charge in [-0.1, -0.05) is 18.2 Å². The van der Waals surface area contributed by atoms with Crippen molar-refractivity contribution < 1.29 is 18.0 Å². The highest BCUT2D eigenvalue weighted by atomic mass is 32.2. The third-order valence-corrected chi connectivity index (χ3v) is 5.48. The van der Waals surface area contributed by atoms with Gasteiger partial charge >= 0.3 is 0 Å². The van der Waals surface area contributed by atoms with Crippen molar-refractivity contribution >= 4 is 32.8 Å². The van der Waals surface area contributed by atoms with Crippen LogP contribution in [0, 0.1) is 5.92 Å². The summed E-state index contributed by atoms with van der Waals surface area (Å²) in [7, 11) is -3.77. The van der Waals surface area contributed by atoms with Crippen molar-refractivity contribution in [1.82, 2.24) is 25.4 Å². The summed E-state index contributed by atoms with van der Waals surface area (Å²) in [6.45, 7) is 0.272. The molecule has 2 heterocycles. The lowest BCUT2D eigenvalue weighted by molar-refractivity contribution is -0.126. The Morgan fingerprint density at radius 2 is 1.78 bits per heavy atom. The van der Waals surface area contributed by atoms with E-state index in [9.17, 15) is 22.8 Å². The fourth-order valence-corrected chi connectivity index (χ4v) is 3.66. The van der Waals surface area contributed by atoms with Crippen molar-refractivity contribution in [2.45, 2.75) is 12.8 Å². The number of amides is 2. The van der Waals surface area contributed by atoms with Gasteiger partial charge in [0.15, 0.2) is 5.69 Å². The summed E-state index contributed by atoms with van der Waals surface area (Å²) >= 11 is 0. The summed E-state index contributed by atoms with van der Waals surface area (Å²) in [5.74, 6) is -1.58. The molecule has 0 radical (unpaired) electrons. The van der Waals surface area contributed by atoms with Gasteiger partial charge in [0.05, 0.1) is 5.39 Å². The van der Waals surface area contributed by atoms with Gasteiger partial charge in [-0.05, 0) is 18.9 Å². The van der Waals surface area contributed by atoms with Gasteiger partial charge in [0.25, 0.3) is 21.7 Å². The molecule has 0 saturated carbocycles. The zero-order chi connectivity index (χ0) is 19.6. The van der Waals surface area contributed by atoms with Crippen LogP contribution in [-0.2, 0) is 15.0 Å². The lowest BCUT2D eigenvalue weighted by Gasteiger charge is -2.28. The number of nitrogens with one attached hydrogen (secondary N) is 3. The lowest BCUT2D eigenvalue weighted by Crippen LogP contribution is -2.49. The molecule has 2 amide bonds. The number of hydrogen-bond acceptors (Lipinski definition) is 6. The molecule has 0 aliphatic carbocycles. The molecule has 2 aromatic rings. The number of hydrazine groups is 1. The number of nitrogens with zero attached hydrogens (tertiary/aromatic N) is 2. The Morgan fingerprint density at radius 1 is 1.15 bits per heavy atom. The minimum absolute atomic E-state index is 0.0328. The molecule has 1 saturated heterocycles. The Hall–Kier alpha value is -2.83. The van der Waals surface area contributed by atoms with Gasteiger partial charge in [-0.3, -0.25) is 25.2 Å². The van der Waals surface area contributed by atoms with E-state index in [0.717, 1.165) is 4.31 Å². The van der Waals surface area contributed by atoms with E-state index >= 15 is 0 Å². The summed E-state index contributed by atoms with van der Waals surface area (Å²) < 4.78 is 23.7. The van der Waals surface area contributed by atoms with Crippen LogP contribution in [0.5, 0.6) is 0 Å². The van der Waals surface area contributed by atoms with Gasteiger partial charge in [-0.25, -0.2) is 10.2 Å². The maximum Gasteiger partial charge on any atom is 0.290 e. The maximum absolute atomic E-state index is 12.3. The van der Waals surface area contributed by atoms with Crippen molar-refractivity contribution in [2.75, 3.05) is 13.1 Å². The van der Waals surface area contributed by atoms with Crippen LogP contribution in [0.4, 0.5) is 0 Å². The van der Waals surface area contributed by atoms with E-state index in [-0.39, 0.29) is 31.6 Å². The molecule has 0 unspecified atom stereocenters. The number of carbonyl (C=O) groups excluding carboxylic acids is 2. The zero-order valence-electron chi connectivity index (χ0n) is 14.1. The van der Waals surface area contributed by atoms with Crippen LogP contribution in [-0.4, -0.2) is 47.8 Å². The van der Waals surface area contributed by atoms with Crippen LogP contribution < -0.4 is 21.5 Å². The highest BCUT2D eigenvalue weighted by Crippen LogP contribution is 2.18. The van der Waals surface area contributed by atoms with Gasteiger partial charge in [-0.15, -0.1) is 0 Å². The SMILES string of the molecule is NS(=O)(=O)N1CCC(C(=O)NNC(=O)c2n[nH]c(=O)c3ccccc23)CC1. The van der Waals surface area contributed by atoms with E-state index in [2.05, 4.69) is 21.0 Å². The largest absolute Gasteiger partial charge is 0.290 e. The smallest absolute Gasteiger partial charge is 0.273 e. The molecule has 3 rings (SSSR count). The molecule has 27 heavy (non-hydrogen) atoms. The average Bonchev–Trinajstić information content (AvgIpc) is 2.66. The number of hydrogen-bond donors (Lipinski definition) is 4. The fourth-order valence-electron chi connectivity index (χ4n) is 2.94. The second kappa shape index (κ2) is 7.42. The summed E-state index contributed by atoms with van der Waals surface area (Å²) in [5, 5.41) is 11.7. The fraction of sp³-hybridized carbons (Fsp3) is 0.333. The second-order valence-corrected chi connectivity index (χ2v) is 7.65. The van der Waals surface area contributed by atoms with Crippen LogP contribution in [0.15, 0.2) is 29.1 Å². The molecular formula is C15H18N6O5S. The van der Waals surface area contributed by atoms with Crippen molar-refractivity contribution in [3.63, 3.8) is 0 Å². The Labute approximate surface area is 154 Å². The van der Waals surface area contributed by atoms with Gasteiger partial charge in [-0.2, -0.15) is 17.8 Å². The lowest BCUT2D eigenvalue weighted by atomic mass is 9.98. The van der Waals surface area contributed by atoms with Crippen LogP contribution in [0.2, 0.25) is 0 Å². The van der Waals surface area contributed by atoms with E-state index < -0.39 is 33.5 Å². The number of H-pyrrole nitrogens is 1. The van der Waals surface area contributed by atoms with Crippen molar-refractivity contribution in [2.24, 2.45) is 11.1 Å². The minimum Gasteiger partial charge on any atom is -0.273 e. The van der Waals surface area contributed by atoms with Gasteiger partial charge in [0, 0.05) is 24.4 Å². The number of benzene rings is 1.